The van der Waals surface area contributed by atoms with Gasteiger partial charge in [0.1, 0.15) is 18.1 Å². The molecule has 0 amide bonds. The number of hydrogen-bond donors (Lipinski definition) is 1. The molecule has 0 saturated heterocycles. The highest BCUT2D eigenvalue weighted by molar-refractivity contribution is 5.32. The van der Waals surface area contributed by atoms with Crippen molar-refractivity contribution in [1.82, 2.24) is 5.32 Å². The minimum Gasteiger partial charge on any atom is -0.494 e. The lowest BCUT2D eigenvalue weighted by molar-refractivity contribution is 0.181. The average molecular weight is 251 g/mol. The Morgan fingerprint density at radius 2 is 1.78 bits per heavy atom. The van der Waals surface area contributed by atoms with Gasteiger partial charge < -0.3 is 14.8 Å². The quantitative estimate of drug-likeness (QED) is 0.842. The summed E-state index contributed by atoms with van der Waals surface area (Å²) in [6, 6.07) is 8.09. The van der Waals surface area contributed by atoms with Crippen LogP contribution in [-0.2, 0) is 0 Å². The van der Waals surface area contributed by atoms with Crippen LogP contribution in [0.5, 0.6) is 11.5 Å². The molecule has 0 spiro atoms. The topological polar surface area (TPSA) is 30.5 Å². The van der Waals surface area contributed by atoms with Gasteiger partial charge in [-0.15, -0.1) is 0 Å². The van der Waals surface area contributed by atoms with Crippen molar-refractivity contribution in [3.05, 3.63) is 24.3 Å². The molecule has 0 aromatic heterocycles. The summed E-state index contributed by atoms with van der Waals surface area (Å²) >= 11 is 0. The minimum absolute atomic E-state index is 0.173. The van der Waals surface area contributed by atoms with Gasteiger partial charge >= 0.3 is 0 Å². The van der Waals surface area contributed by atoms with E-state index in [9.17, 15) is 0 Å². The van der Waals surface area contributed by atoms with Crippen molar-refractivity contribution in [3.63, 3.8) is 0 Å². The van der Waals surface area contributed by atoms with Crippen LogP contribution < -0.4 is 14.8 Å². The number of rotatable bonds is 6. The van der Waals surface area contributed by atoms with Crippen LogP contribution in [0.4, 0.5) is 0 Å². The summed E-state index contributed by atoms with van der Waals surface area (Å²) in [5.41, 5.74) is 0.173. The highest BCUT2D eigenvalue weighted by atomic mass is 16.5. The van der Waals surface area contributed by atoms with Crippen LogP contribution in [0.2, 0.25) is 0 Å². The Bertz CT molecular complexity index is 358. The number of likely N-dealkylation sites (N-methyl/N-ethyl adjacent to an activating group) is 1. The Labute approximate surface area is 110 Å². The Hall–Kier alpha value is -1.22. The molecule has 0 aliphatic heterocycles. The van der Waals surface area contributed by atoms with Crippen molar-refractivity contribution in [2.45, 2.75) is 33.7 Å². The summed E-state index contributed by atoms with van der Waals surface area (Å²) in [5, 5.41) is 3.30. The summed E-state index contributed by atoms with van der Waals surface area (Å²) < 4.78 is 11.3. The van der Waals surface area contributed by atoms with Crippen molar-refractivity contribution < 1.29 is 9.47 Å². The van der Waals surface area contributed by atoms with Crippen LogP contribution in [0.3, 0.4) is 0 Å². The lowest BCUT2D eigenvalue weighted by Gasteiger charge is -2.30. The van der Waals surface area contributed by atoms with Gasteiger partial charge in [-0.25, -0.2) is 0 Å². The molecule has 1 aromatic rings. The average Bonchev–Trinajstić information content (AvgIpc) is 2.29. The van der Waals surface area contributed by atoms with E-state index >= 15 is 0 Å². The van der Waals surface area contributed by atoms with Gasteiger partial charge in [-0.05, 0) is 31.5 Å². The summed E-state index contributed by atoms with van der Waals surface area (Å²) in [7, 11) is 1.97. The third-order valence-corrected chi connectivity index (χ3v) is 2.93. The molecule has 0 aliphatic rings. The van der Waals surface area contributed by atoms with Crippen molar-refractivity contribution in [2.24, 2.45) is 5.41 Å². The molecule has 0 aliphatic carbocycles. The zero-order valence-corrected chi connectivity index (χ0v) is 12.1. The second kappa shape index (κ2) is 6.64. The Morgan fingerprint density at radius 3 is 2.28 bits per heavy atom. The number of hydrogen-bond acceptors (Lipinski definition) is 3. The molecule has 0 radical (unpaired) electrons. The van der Waals surface area contributed by atoms with Crippen LogP contribution >= 0.6 is 0 Å². The minimum atomic E-state index is 0.173. The summed E-state index contributed by atoms with van der Waals surface area (Å²) in [5.74, 6) is 1.71. The van der Waals surface area contributed by atoms with Gasteiger partial charge in [0.15, 0.2) is 0 Å². The molecule has 1 atom stereocenters. The van der Waals surface area contributed by atoms with Gasteiger partial charge in [0.05, 0.1) is 6.61 Å². The molecular weight excluding hydrogens is 226 g/mol. The summed E-state index contributed by atoms with van der Waals surface area (Å²) in [4.78, 5) is 0. The van der Waals surface area contributed by atoms with Gasteiger partial charge in [-0.3, -0.25) is 0 Å². The zero-order chi connectivity index (χ0) is 13.6. The predicted octanol–water partition coefficient (Wildman–Crippen LogP) is 3.10. The SMILES string of the molecule is CCOc1cccc(OCC(NC)C(C)(C)C)c1. The molecule has 18 heavy (non-hydrogen) atoms. The first-order valence-electron chi connectivity index (χ1n) is 6.50. The largest absolute Gasteiger partial charge is 0.494 e. The fourth-order valence-corrected chi connectivity index (χ4v) is 1.77. The second-order valence-electron chi connectivity index (χ2n) is 5.43. The van der Waals surface area contributed by atoms with Gasteiger partial charge in [0.25, 0.3) is 0 Å². The van der Waals surface area contributed by atoms with Crippen molar-refractivity contribution in [3.8, 4) is 11.5 Å². The molecular formula is C15H25NO2. The third kappa shape index (κ3) is 4.57. The van der Waals surface area contributed by atoms with E-state index < -0.39 is 0 Å². The Balaban J connectivity index is 2.59. The maximum absolute atomic E-state index is 5.83. The van der Waals surface area contributed by atoms with Crippen LogP contribution in [0.25, 0.3) is 0 Å². The monoisotopic (exact) mass is 251 g/mol. The molecule has 3 heteroatoms. The smallest absolute Gasteiger partial charge is 0.123 e. The highest BCUT2D eigenvalue weighted by Gasteiger charge is 2.23. The summed E-state index contributed by atoms with van der Waals surface area (Å²) in [6.45, 7) is 9.90. The molecule has 1 rings (SSSR count). The van der Waals surface area contributed by atoms with E-state index in [-0.39, 0.29) is 5.41 Å². The zero-order valence-electron chi connectivity index (χ0n) is 12.1. The van der Waals surface area contributed by atoms with E-state index in [2.05, 4.69) is 26.1 Å². The maximum Gasteiger partial charge on any atom is 0.123 e. The van der Waals surface area contributed by atoms with E-state index in [4.69, 9.17) is 9.47 Å². The lowest BCUT2D eigenvalue weighted by Crippen LogP contribution is -2.42. The molecule has 1 N–H and O–H groups in total. The second-order valence-corrected chi connectivity index (χ2v) is 5.43. The Kier molecular flexibility index (Phi) is 5.48. The predicted molar refractivity (Wildman–Crippen MR) is 75.4 cm³/mol. The van der Waals surface area contributed by atoms with Gasteiger partial charge in [0.2, 0.25) is 0 Å². The van der Waals surface area contributed by atoms with Gasteiger partial charge in [0, 0.05) is 12.1 Å². The van der Waals surface area contributed by atoms with Crippen LogP contribution in [0.1, 0.15) is 27.7 Å². The van der Waals surface area contributed by atoms with Gasteiger partial charge in [-0.2, -0.15) is 0 Å². The highest BCUT2D eigenvalue weighted by Crippen LogP contribution is 2.22. The summed E-state index contributed by atoms with van der Waals surface area (Å²) in [6.07, 6.45) is 0. The van der Waals surface area contributed by atoms with Crippen LogP contribution in [0, 0.1) is 5.41 Å². The van der Waals surface area contributed by atoms with Crippen molar-refractivity contribution in [1.29, 1.82) is 0 Å². The van der Waals surface area contributed by atoms with E-state index in [1.807, 2.05) is 38.2 Å². The van der Waals surface area contributed by atoms with Gasteiger partial charge in [-0.1, -0.05) is 26.8 Å². The molecule has 0 bridgehead atoms. The Morgan fingerprint density at radius 1 is 1.17 bits per heavy atom. The van der Waals surface area contributed by atoms with Crippen LogP contribution in [-0.4, -0.2) is 26.3 Å². The number of nitrogens with one attached hydrogen (secondary N) is 1. The van der Waals surface area contributed by atoms with E-state index in [1.54, 1.807) is 0 Å². The molecule has 0 heterocycles. The van der Waals surface area contributed by atoms with Crippen molar-refractivity contribution >= 4 is 0 Å². The van der Waals surface area contributed by atoms with Crippen molar-refractivity contribution in [2.75, 3.05) is 20.3 Å². The lowest BCUT2D eigenvalue weighted by atomic mass is 9.87. The first-order chi connectivity index (χ1) is 8.47. The number of benzene rings is 1. The normalized spacial score (nSPS) is 13.2. The molecule has 1 aromatic carbocycles. The molecule has 102 valence electrons. The van der Waals surface area contributed by atoms with E-state index in [0.717, 1.165) is 11.5 Å². The van der Waals surface area contributed by atoms with Crippen LogP contribution in [0.15, 0.2) is 24.3 Å². The standard InChI is InChI=1S/C15H25NO2/c1-6-17-12-8-7-9-13(10-12)18-11-14(16-5)15(2,3)4/h7-10,14,16H,6,11H2,1-5H3. The maximum atomic E-state index is 5.83. The molecule has 0 fully saturated rings. The molecule has 1 unspecified atom stereocenters. The first kappa shape index (κ1) is 14.8. The fraction of sp³-hybridized carbons (Fsp3) is 0.600. The van der Waals surface area contributed by atoms with E-state index in [0.29, 0.717) is 19.3 Å². The number of ether oxygens (including phenoxy) is 2. The molecule has 0 saturated carbocycles. The fourth-order valence-electron chi connectivity index (χ4n) is 1.77. The molecule has 3 nitrogen and oxygen atoms in total. The first-order valence-corrected chi connectivity index (χ1v) is 6.50. The van der Waals surface area contributed by atoms with E-state index in [1.165, 1.54) is 0 Å². The third-order valence-electron chi connectivity index (χ3n) is 2.93.